The topological polar surface area (TPSA) is 27.7 Å². The van der Waals surface area contributed by atoms with E-state index in [0.29, 0.717) is 30.6 Å². The molecule has 0 radical (unpaired) electrons. The maximum Gasteiger partial charge on any atom is 0.201 e. The molecule has 0 unspecified atom stereocenters. The molecule has 7 heteroatoms. The molecule has 1 aliphatic heterocycles. The van der Waals surface area contributed by atoms with Crippen molar-refractivity contribution < 1.29 is 31.8 Å². The minimum absolute atomic E-state index is 0.123. The van der Waals surface area contributed by atoms with E-state index in [1.807, 2.05) is 6.08 Å². The van der Waals surface area contributed by atoms with E-state index in [1.54, 1.807) is 6.92 Å². The Kier molecular flexibility index (Phi) is 9.07. The molecule has 0 N–H and O–H groups in total. The normalized spacial score (nSPS) is 24.8. The van der Waals surface area contributed by atoms with Gasteiger partial charge in [0, 0.05) is 17.0 Å². The molecule has 2 aromatic rings. The molecule has 2 aliphatic rings. The molecule has 1 saturated heterocycles. The first-order chi connectivity index (χ1) is 17.4. The van der Waals surface area contributed by atoms with Gasteiger partial charge in [0.2, 0.25) is 5.82 Å². The number of benzene rings is 2. The molecule has 36 heavy (non-hydrogen) atoms. The average molecular weight is 507 g/mol. The van der Waals surface area contributed by atoms with E-state index in [1.165, 1.54) is 24.3 Å². The first-order valence-electron chi connectivity index (χ1n) is 12.9. The summed E-state index contributed by atoms with van der Waals surface area (Å²) in [6.45, 7) is 5.20. The first-order valence-corrected chi connectivity index (χ1v) is 12.9. The Labute approximate surface area is 210 Å². The zero-order valence-corrected chi connectivity index (χ0v) is 20.9. The Balaban J connectivity index is 1.39. The van der Waals surface area contributed by atoms with Gasteiger partial charge in [-0.2, -0.15) is 4.39 Å². The highest BCUT2D eigenvalue weighted by molar-refractivity contribution is 5.66. The second kappa shape index (κ2) is 12.2. The van der Waals surface area contributed by atoms with Gasteiger partial charge in [-0.05, 0) is 74.6 Å². The minimum Gasteiger partial charge on any atom is -0.491 e. The van der Waals surface area contributed by atoms with Crippen molar-refractivity contribution in [2.45, 2.75) is 64.6 Å². The lowest BCUT2D eigenvalue weighted by atomic mass is 9.73. The van der Waals surface area contributed by atoms with Gasteiger partial charge in [-0.1, -0.05) is 31.6 Å². The van der Waals surface area contributed by atoms with Crippen LogP contribution in [0.3, 0.4) is 0 Å². The standard InChI is InChI=1S/C29H34F4O3/c1-3-5-6-7-25-35-16-20(17-36-25)18-8-10-19(11-9-18)21-12-13-22(27(31)26(21)30)23-14-15-24(34-4-2)29(33)28(23)32/h6-7,12-15,18-20,25H,3-5,8-11,16-17H2,1-2H3. The molecule has 196 valence electrons. The summed E-state index contributed by atoms with van der Waals surface area (Å²) in [6.07, 6.45) is 9.04. The van der Waals surface area contributed by atoms with E-state index in [-0.39, 0.29) is 35.7 Å². The van der Waals surface area contributed by atoms with Crippen LogP contribution in [-0.2, 0) is 9.47 Å². The third-order valence-electron chi connectivity index (χ3n) is 7.33. The molecule has 0 amide bonds. The molecule has 0 spiro atoms. The van der Waals surface area contributed by atoms with Crippen molar-refractivity contribution in [2.75, 3.05) is 19.8 Å². The largest absolute Gasteiger partial charge is 0.491 e. The molecule has 0 bridgehead atoms. The number of unbranched alkanes of at least 4 members (excludes halogenated alkanes) is 1. The first kappa shape index (κ1) is 26.7. The summed E-state index contributed by atoms with van der Waals surface area (Å²) < 4.78 is 75.8. The summed E-state index contributed by atoms with van der Waals surface area (Å²) in [6, 6.07) is 5.29. The van der Waals surface area contributed by atoms with Gasteiger partial charge in [0.05, 0.1) is 19.8 Å². The molecule has 3 nitrogen and oxygen atoms in total. The summed E-state index contributed by atoms with van der Waals surface area (Å²) in [7, 11) is 0. The van der Waals surface area contributed by atoms with Crippen LogP contribution in [0.25, 0.3) is 11.1 Å². The van der Waals surface area contributed by atoms with Crippen molar-refractivity contribution in [3.05, 3.63) is 65.2 Å². The number of hydrogen-bond donors (Lipinski definition) is 0. The van der Waals surface area contributed by atoms with Gasteiger partial charge in [0.25, 0.3) is 0 Å². The van der Waals surface area contributed by atoms with E-state index >= 15 is 8.78 Å². The van der Waals surface area contributed by atoms with Crippen LogP contribution in [0.2, 0.25) is 0 Å². The number of allylic oxidation sites excluding steroid dienone is 1. The predicted molar refractivity (Wildman–Crippen MR) is 131 cm³/mol. The molecule has 2 fully saturated rings. The van der Waals surface area contributed by atoms with E-state index in [4.69, 9.17) is 14.2 Å². The molecule has 0 atom stereocenters. The zero-order chi connectivity index (χ0) is 25.7. The quantitative estimate of drug-likeness (QED) is 0.269. The highest BCUT2D eigenvalue weighted by Crippen LogP contribution is 2.42. The highest BCUT2D eigenvalue weighted by atomic mass is 19.2. The molecular formula is C29H34F4O3. The number of rotatable bonds is 8. The molecule has 4 rings (SSSR count). The van der Waals surface area contributed by atoms with Crippen molar-refractivity contribution in [3.8, 4) is 16.9 Å². The number of hydrogen-bond acceptors (Lipinski definition) is 3. The second-order valence-electron chi connectivity index (χ2n) is 9.63. The zero-order valence-electron chi connectivity index (χ0n) is 20.9. The monoisotopic (exact) mass is 506 g/mol. The molecule has 0 aromatic heterocycles. The summed E-state index contributed by atoms with van der Waals surface area (Å²) in [5.74, 6) is -4.29. The third-order valence-corrected chi connectivity index (χ3v) is 7.33. The van der Waals surface area contributed by atoms with E-state index in [9.17, 15) is 8.78 Å². The Morgan fingerprint density at radius 2 is 1.44 bits per heavy atom. The van der Waals surface area contributed by atoms with Gasteiger partial charge < -0.3 is 14.2 Å². The minimum atomic E-state index is -1.26. The van der Waals surface area contributed by atoms with Gasteiger partial charge in [0.15, 0.2) is 29.5 Å². The number of halogens is 4. The molecule has 1 saturated carbocycles. The lowest BCUT2D eigenvalue weighted by Gasteiger charge is -2.37. The van der Waals surface area contributed by atoms with Gasteiger partial charge >= 0.3 is 0 Å². The van der Waals surface area contributed by atoms with Crippen LogP contribution in [0, 0.1) is 35.1 Å². The SMILES string of the molecule is CCCC=CC1OCC(C2CCC(c3ccc(-c4ccc(OCC)c(F)c4F)c(F)c3F)CC2)CO1. The number of ether oxygens (including phenoxy) is 3. The van der Waals surface area contributed by atoms with Crippen LogP contribution in [-0.4, -0.2) is 26.1 Å². The molecule has 1 heterocycles. The molecule has 2 aromatic carbocycles. The van der Waals surface area contributed by atoms with Gasteiger partial charge in [0.1, 0.15) is 0 Å². The lowest BCUT2D eigenvalue weighted by molar-refractivity contribution is -0.185. The summed E-state index contributed by atoms with van der Waals surface area (Å²) >= 11 is 0. The Hall–Kier alpha value is -2.38. The van der Waals surface area contributed by atoms with Crippen molar-refractivity contribution in [3.63, 3.8) is 0 Å². The molecular weight excluding hydrogens is 472 g/mol. The van der Waals surface area contributed by atoms with Crippen molar-refractivity contribution in [1.82, 2.24) is 0 Å². The summed E-state index contributed by atoms with van der Waals surface area (Å²) in [5.41, 5.74) is -0.343. The average Bonchev–Trinajstić information content (AvgIpc) is 2.90. The predicted octanol–water partition coefficient (Wildman–Crippen LogP) is 7.93. The van der Waals surface area contributed by atoms with Crippen LogP contribution in [0.1, 0.15) is 63.9 Å². The fourth-order valence-electron chi connectivity index (χ4n) is 5.29. The molecule has 1 aliphatic carbocycles. The Morgan fingerprint density at radius 3 is 2.08 bits per heavy atom. The van der Waals surface area contributed by atoms with Crippen LogP contribution < -0.4 is 4.74 Å². The van der Waals surface area contributed by atoms with Gasteiger partial charge in [-0.3, -0.25) is 0 Å². The van der Waals surface area contributed by atoms with E-state index in [0.717, 1.165) is 38.5 Å². The Bertz CT molecular complexity index is 1050. The maximum atomic E-state index is 15.1. The fourth-order valence-corrected chi connectivity index (χ4v) is 5.29. The maximum absolute atomic E-state index is 15.1. The van der Waals surface area contributed by atoms with E-state index < -0.39 is 23.3 Å². The highest BCUT2D eigenvalue weighted by Gasteiger charge is 2.33. The van der Waals surface area contributed by atoms with Crippen LogP contribution in [0.5, 0.6) is 5.75 Å². The fraction of sp³-hybridized carbons (Fsp3) is 0.517. The summed E-state index contributed by atoms with van der Waals surface area (Å²) in [5, 5.41) is 0. The smallest absolute Gasteiger partial charge is 0.201 e. The van der Waals surface area contributed by atoms with Gasteiger partial charge in [-0.25, -0.2) is 13.2 Å². The second-order valence-corrected chi connectivity index (χ2v) is 9.63. The van der Waals surface area contributed by atoms with Crippen LogP contribution in [0.4, 0.5) is 17.6 Å². The Morgan fingerprint density at radius 1 is 0.806 bits per heavy atom. The van der Waals surface area contributed by atoms with Crippen LogP contribution in [0.15, 0.2) is 36.4 Å². The third kappa shape index (κ3) is 5.78. The lowest BCUT2D eigenvalue weighted by Crippen LogP contribution is -2.36. The van der Waals surface area contributed by atoms with E-state index in [2.05, 4.69) is 13.0 Å². The van der Waals surface area contributed by atoms with Gasteiger partial charge in [-0.15, -0.1) is 0 Å². The summed E-state index contributed by atoms with van der Waals surface area (Å²) in [4.78, 5) is 0. The van der Waals surface area contributed by atoms with Crippen LogP contribution >= 0.6 is 0 Å². The van der Waals surface area contributed by atoms with Crippen molar-refractivity contribution in [1.29, 1.82) is 0 Å². The van der Waals surface area contributed by atoms with Crippen molar-refractivity contribution >= 4 is 0 Å². The van der Waals surface area contributed by atoms with Crippen molar-refractivity contribution in [2.24, 2.45) is 11.8 Å².